The Morgan fingerprint density at radius 1 is 0.926 bits per heavy atom. The number of pyridine rings is 1. The zero-order valence-electron chi connectivity index (χ0n) is 14.0. The number of aromatic nitrogens is 3. The average Bonchev–Trinajstić information content (AvgIpc) is 3.15. The van der Waals surface area contributed by atoms with Crippen LogP contribution in [0.1, 0.15) is 0 Å². The van der Waals surface area contributed by atoms with Gasteiger partial charge in [-0.25, -0.2) is 4.98 Å². The first kappa shape index (κ1) is 17.3. The number of aromatic amines is 1. The van der Waals surface area contributed by atoms with Crippen molar-refractivity contribution in [3.05, 3.63) is 87.1 Å². The lowest BCUT2D eigenvalue weighted by molar-refractivity contribution is 1.29. The minimum atomic E-state index is 0.569. The monoisotopic (exact) mass is 462 g/mol. The quantitative estimate of drug-likeness (QED) is 0.166. The molecule has 0 atom stereocenters. The van der Waals surface area contributed by atoms with Crippen LogP contribution < -0.4 is 0 Å². The highest BCUT2D eigenvalue weighted by atomic mass is 125. The lowest BCUT2D eigenvalue weighted by Gasteiger charge is -2.03. The molecule has 0 amide bonds. The number of imidazole rings is 1. The zero-order chi connectivity index (χ0) is 18.6. The maximum atomic E-state index is 8.55. The van der Waals surface area contributed by atoms with Crippen molar-refractivity contribution in [3.8, 4) is 33.9 Å². The summed E-state index contributed by atoms with van der Waals surface area (Å²) in [7, 11) is 0. The Kier molecular flexibility index (Phi) is 4.86. The molecule has 0 unspecified atom stereocenters. The van der Waals surface area contributed by atoms with Crippen molar-refractivity contribution >= 4 is 28.3 Å². The number of benzene rings is 2. The summed E-state index contributed by atoms with van der Waals surface area (Å²) in [5, 5.41) is 3.61. The Bertz CT molecular complexity index is 1130. The summed E-state index contributed by atoms with van der Waals surface area (Å²) >= 11 is 2.30. The number of rotatable bonds is 4. The number of nitrogens with zero attached hydrogens (tertiary/aromatic N) is 5. The third kappa shape index (κ3) is 3.69. The smallest absolute Gasteiger partial charge is 0.138 e. The molecule has 130 valence electrons. The highest BCUT2D eigenvalue weighted by Crippen LogP contribution is 2.33. The Morgan fingerprint density at radius 2 is 1.70 bits per heavy atom. The molecule has 0 fully saturated rings. The molecule has 0 aliphatic heterocycles. The molecule has 0 radical (unpaired) electrons. The average molecular weight is 462 g/mol. The second kappa shape index (κ2) is 7.61. The Balaban J connectivity index is 1.86. The standard InChI is InChI=1S/C20H13IN6/c21-16-3-1-2-15(12-16)19-18(13-8-10-23-11-9-13)24-20(25-19)14-4-6-17(7-5-14)26-27-22/h1-12H,(H,24,25)/i21-2. The van der Waals surface area contributed by atoms with Crippen LogP contribution in [0.5, 0.6) is 0 Å². The van der Waals surface area contributed by atoms with Gasteiger partial charge in [0.05, 0.1) is 11.4 Å². The maximum Gasteiger partial charge on any atom is 0.138 e. The van der Waals surface area contributed by atoms with E-state index in [2.05, 4.69) is 60.8 Å². The number of nitrogens with one attached hydrogen (secondary N) is 1. The molecule has 0 aliphatic rings. The van der Waals surface area contributed by atoms with E-state index in [-0.39, 0.29) is 0 Å². The van der Waals surface area contributed by atoms with E-state index in [1.54, 1.807) is 24.5 Å². The Morgan fingerprint density at radius 3 is 2.41 bits per heavy atom. The zero-order valence-corrected chi connectivity index (χ0v) is 16.2. The van der Waals surface area contributed by atoms with Gasteiger partial charge in [0.2, 0.25) is 0 Å². The Labute approximate surface area is 169 Å². The van der Waals surface area contributed by atoms with Gasteiger partial charge < -0.3 is 4.98 Å². The molecular weight excluding hydrogens is 449 g/mol. The second-order valence-corrected chi connectivity index (χ2v) is 7.04. The van der Waals surface area contributed by atoms with Gasteiger partial charge >= 0.3 is 0 Å². The normalized spacial score (nSPS) is 10.4. The molecule has 0 saturated carbocycles. The van der Waals surface area contributed by atoms with Crippen LogP contribution in [-0.2, 0) is 0 Å². The predicted octanol–water partition coefficient (Wildman–Crippen LogP) is 6.35. The SMILES string of the molecule is [N-]=[N+]=Nc1ccc(-c2nc(-c3cccc([125I])c3)c(-c3ccncc3)[nH]2)cc1. The van der Waals surface area contributed by atoms with Gasteiger partial charge in [0, 0.05) is 43.3 Å². The molecule has 2 aromatic carbocycles. The fourth-order valence-electron chi connectivity index (χ4n) is 2.82. The van der Waals surface area contributed by atoms with Crippen molar-refractivity contribution in [1.82, 2.24) is 15.0 Å². The minimum absolute atomic E-state index is 0.569. The van der Waals surface area contributed by atoms with Gasteiger partial charge in [0.1, 0.15) is 5.82 Å². The van der Waals surface area contributed by atoms with Gasteiger partial charge in [0.15, 0.2) is 0 Å². The Hall–Kier alpha value is -3.16. The van der Waals surface area contributed by atoms with Crippen molar-refractivity contribution in [3.63, 3.8) is 0 Å². The summed E-state index contributed by atoms with van der Waals surface area (Å²) in [5.74, 6) is 0.753. The van der Waals surface area contributed by atoms with Crippen LogP contribution in [0.25, 0.3) is 44.3 Å². The van der Waals surface area contributed by atoms with Crippen molar-refractivity contribution in [2.45, 2.75) is 0 Å². The van der Waals surface area contributed by atoms with E-state index in [9.17, 15) is 0 Å². The highest BCUT2D eigenvalue weighted by Gasteiger charge is 2.15. The molecule has 27 heavy (non-hydrogen) atoms. The lowest BCUT2D eigenvalue weighted by atomic mass is 10.1. The largest absolute Gasteiger partial charge is 0.337 e. The van der Waals surface area contributed by atoms with Crippen LogP contribution in [0, 0.1) is 3.57 Å². The summed E-state index contributed by atoms with van der Waals surface area (Å²) in [5.41, 5.74) is 13.9. The third-order valence-corrected chi connectivity index (χ3v) is 4.74. The summed E-state index contributed by atoms with van der Waals surface area (Å²) in [4.78, 5) is 15.2. The van der Waals surface area contributed by atoms with Crippen LogP contribution in [0.2, 0.25) is 0 Å². The molecule has 4 aromatic rings. The summed E-state index contributed by atoms with van der Waals surface area (Å²) < 4.78 is 1.15. The van der Waals surface area contributed by atoms with Gasteiger partial charge in [-0.15, -0.1) is 0 Å². The van der Waals surface area contributed by atoms with Crippen LogP contribution in [-0.4, -0.2) is 15.0 Å². The van der Waals surface area contributed by atoms with E-state index in [1.165, 1.54) is 0 Å². The van der Waals surface area contributed by atoms with E-state index in [1.807, 2.05) is 30.3 Å². The molecule has 2 aromatic heterocycles. The van der Waals surface area contributed by atoms with Crippen molar-refractivity contribution in [2.75, 3.05) is 0 Å². The number of hydrogen-bond donors (Lipinski definition) is 1. The van der Waals surface area contributed by atoms with Crippen molar-refractivity contribution < 1.29 is 0 Å². The predicted molar refractivity (Wildman–Crippen MR) is 114 cm³/mol. The summed E-state index contributed by atoms with van der Waals surface area (Å²) in [6.07, 6.45) is 3.53. The van der Waals surface area contributed by atoms with Crippen LogP contribution in [0.15, 0.2) is 78.2 Å². The molecular formula is C20H13IN6. The van der Waals surface area contributed by atoms with Crippen LogP contribution in [0.3, 0.4) is 0 Å². The summed E-state index contributed by atoms with van der Waals surface area (Å²) in [6.45, 7) is 0. The van der Waals surface area contributed by atoms with Crippen molar-refractivity contribution in [2.24, 2.45) is 5.11 Å². The van der Waals surface area contributed by atoms with Gasteiger partial charge in [-0.3, -0.25) is 4.98 Å². The van der Waals surface area contributed by atoms with E-state index < -0.39 is 0 Å². The molecule has 0 spiro atoms. The molecule has 2 heterocycles. The van der Waals surface area contributed by atoms with E-state index >= 15 is 0 Å². The van der Waals surface area contributed by atoms with Crippen molar-refractivity contribution in [1.29, 1.82) is 0 Å². The first-order valence-electron chi connectivity index (χ1n) is 8.16. The number of H-pyrrole nitrogens is 1. The van der Waals surface area contributed by atoms with Gasteiger partial charge in [-0.05, 0) is 52.4 Å². The van der Waals surface area contributed by atoms with E-state index in [0.29, 0.717) is 5.69 Å². The summed E-state index contributed by atoms with van der Waals surface area (Å²) in [6, 6.07) is 19.5. The molecule has 0 aliphatic carbocycles. The van der Waals surface area contributed by atoms with E-state index in [0.717, 1.165) is 37.5 Å². The van der Waals surface area contributed by atoms with E-state index in [4.69, 9.17) is 10.5 Å². The van der Waals surface area contributed by atoms with Crippen LogP contribution in [0.4, 0.5) is 5.69 Å². The first-order chi connectivity index (χ1) is 13.2. The molecule has 6 nitrogen and oxygen atoms in total. The second-order valence-electron chi connectivity index (χ2n) is 5.79. The molecule has 7 heteroatoms. The first-order valence-corrected chi connectivity index (χ1v) is 9.24. The minimum Gasteiger partial charge on any atom is -0.337 e. The highest BCUT2D eigenvalue weighted by molar-refractivity contribution is 14.1. The van der Waals surface area contributed by atoms with Gasteiger partial charge in [0.25, 0.3) is 0 Å². The molecule has 1 N–H and O–H groups in total. The van der Waals surface area contributed by atoms with Gasteiger partial charge in [-0.2, -0.15) is 0 Å². The number of halogens is 1. The molecule has 0 saturated heterocycles. The lowest BCUT2D eigenvalue weighted by Crippen LogP contribution is -1.85. The number of azide groups is 1. The number of hydrogen-bond acceptors (Lipinski definition) is 3. The fraction of sp³-hybridized carbons (Fsp3) is 0. The topological polar surface area (TPSA) is 90.3 Å². The molecule has 4 rings (SSSR count). The fourth-order valence-corrected chi connectivity index (χ4v) is 3.36. The molecule has 0 bridgehead atoms. The van der Waals surface area contributed by atoms with Crippen LogP contribution >= 0.6 is 22.6 Å². The third-order valence-electron chi connectivity index (χ3n) is 4.07. The maximum absolute atomic E-state index is 8.55. The van der Waals surface area contributed by atoms with Gasteiger partial charge in [-0.1, -0.05) is 41.5 Å².